The monoisotopic (exact) mass is 554 g/mol. The van der Waals surface area contributed by atoms with Crippen LogP contribution in [0.1, 0.15) is 11.4 Å². The van der Waals surface area contributed by atoms with Gasteiger partial charge in [0, 0.05) is 39.0 Å². The second-order valence-corrected chi connectivity index (χ2v) is 11.2. The topological polar surface area (TPSA) is 43.8 Å². The predicted molar refractivity (Wildman–Crippen MR) is 175 cm³/mol. The number of hydrogen-bond acceptors (Lipinski definition) is 3. The van der Waals surface area contributed by atoms with Crippen molar-refractivity contribution >= 4 is 54.6 Å². The lowest BCUT2D eigenvalue weighted by atomic mass is 10.1. The first-order valence-corrected chi connectivity index (χ1v) is 14.5. The van der Waals surface area contributed by atoms with Gasteiger partial charge in [0.05, 0.1) is 22.4 Å². The van der Waals surface area contributed by atoms with Gasteiger partial charge in [-0.25, -0.2) is 9.97 Å². The molecule has 4 heterocycles. The average Bonchev–Trinajstić information content (AvgIpc) is 3.64. The minimum Gasteiger partial charge on any atom is -0.457 e. The Morgan fingerprint density at radius 1 is 0.535 bits per heavy atom. The Morgan fingerprint density at radius 2 is 1.14 bits per heavy atom. The molecule has 9 aromatic rings. The molecule has 0 N–H and O–H groups in total. The summed E-state index contributed by atoms with van der Waals surface area (Å²) in [6.45, 7) is 4.20. The van der Waals surface area contributed by atoms with Crippen molar-refractivity contribution in [1.82, 2.24) is 18.8 Å². The predicted octanol–water partition coefficient (Wildman–Crippen LogP) is 9.67. The first kappa shape index (κ1) is 24.0. The van der Waals surface area contributed by atoms with Crippen molar-refractivity contribution in [3.05, 3.63) is 133 Å². The summed E-state index contributed by atoms with van der Waals surface area (Å²) >= 11 is 0. The number of pyridine rings is 2. The Balaban J connectivity index is 1.23. The third-order valence-electron chi connectivity index (χ3n) is 8.71. The molecular weight excluding hydrogens is 528 g/mol. The van der Waals surface area contributed by atoms with E-state index in [4.69, 9.17) is 14.7 Å². The normalized spacial score (nSPS) is 12.0. The van der Waals surface area contributed by atoms with Gasteiger partial charge < -0.3 is 4.74 Å². The lowest BCUT2D eigenvalue weighted by molar-refractivity contribution is 0.484. The van der Waals surface area contributed by atoms with Crippen molar-refractivity contribution in [2.75, 3.05) is 0 Å². The summed E-state index contributed by atoms with van der Waals surface area (Å²) in [4.78, 5) is 10.1. The molecule has 0 bridgehead atoms. The van der Waals surface area contributed by atoms with Gasteiger partial charge >= 0.3 is 0 Å². The van der Waals surface area contributed by atoms with Crippen molar-refractivity contribution < 1.29 is 4.74 Å². The maximum Gasteiger partial charge on any atom is 0.146 e. The minimum absolute atomic E-state index is 0.765. The molecule has 9 rings (SSSR count). The molecule has 0 fully saturated rings. The number of nitrogens with zero attached hydrogens (tertiary/aromatic N) is 4. The zero-order valence-electron chi connectivity index (χ0n) is 23.7. The first-order valence-electron chi connectivity index (χ1n) is 14.5. The van der Waals surface area contributed by atoms with E-state index in [1.807, 2.05) is 18.2 Å². The quantitative estimate of drug-likeness (QED) is 0.204. The van der Waals surface area contributed by atoms with E-state index >= 15 is 0 Å². The average molecular weight is 555 g/mol. The van der Waals surface area contributed by atoms with Gasteiger partial charge in [-0.3, -0.25) is 8.80 Å². The molecule has 0 saturated heterocycles. The number of aromatic nitrogens is 4. The van der Waals surface area contributed by atoms with E-state index in [1.54, 1.807) is 0 Å². The van der Waals surface area contributed by atoms with Gasteiger partial charge in [0.2, 0.25) is 0 Å². The van der Waals surface area contributed by atoms with Crippen molar-refractivity contribution in [2.24, 2.45) is 0 Å². The zero-order chi connectivity index (χ0) is 28.7. The highest BCUT2D eigenvalue weighted by Gasteiger charge is 2.16. The number of rotatable bonds is 3. The molecule has 4 aromatic heterocycles. The van der Waals surface area contributed by atoms with Crippen LogP contribution >= 0.6 is 0 Å². The van der Waals surface area contributed by atoms with E-state index in [2.05, 4.69) is 126 Å². The fourth-order valence-corrected chi connectivity index (χ4v) is 6.55. The minimum atomic E-state index is 0.765. The van der Waals surface area contributed by atoms with E-state index in [-0.39, 0.29) is 0 Å². The van der Waals surface area contributed by atoms with Crippen LogP contribution in [0.2, 0.25) is 0 Å². The van der Waals surface area contributed by atoms with E-state index in [1.165, 1.54) is 10.8 Å². The van der Waals surface area contributed by atoms with Crippen molar-refractivity contribution in [2.45, 2.75) is 13.8 Å². The fourth-order valence-electron chi connectivity index (χ4n) is 6.55. The summed E-state index contributed by atoms with van der Waals surface area (Å²) in [6, 6.07) is 40.0. The van der Waals surface area contributed by atoms with Gasteiger partial charge in [0.25, 0.3) is 0 Å². The molecule has 0 aliphatic rings. The van der Waals surface area contributed by atoms with Gasteiger partial charge in [0.15, 0.2) is 0 Å². The summed E-state index contributed by atoms with van der Waals surface area (Å²) in [7, 11) is 0. The largest absolute Gasteiger partial charge is 0.457 e. The molecular formula is C38H26N4O. The molecule has 43 heavy (non-hydrogen) atoms. The zero-order valence-corrected chi connectivity index (χ0v) is 23.7. The fraction of sp³-hybridized carbons (Fsp3) is 0.0526. The van der Waals surface area contributed by atoms with Crippen LogP contribution in [-0.2, 0) is 0 Å². The lowest BCUT2D eigenvalue weighted by Crippen LogP contribution is -1.94. The van der Waals surface area contributed by atoms with E-state index in [9.17, 15) is 0 Å². The van der Waals surface area contributed by atoms with Gasteiger partial charge in [-0.15, -0.1) is 0 Å². The smallest absolute Gasteiger partial charge is 0.146 e. The van der Waals surface area contributed by atoms with Crippen LogP contribution in [0.3, 0.4) is 0 Å². The number of fused-ring (bicyclic) bond motifs is 12. The summed E-state index contributed by atoms with van der Waals surface area (Å²) in [5.74, 6) is 1.54. The number of ether oxygens (including phenoxy) is 1. The van der Waals surface area contributed by atoms with Crippen molar-refractivity contribution in [3.8, 4) is 22.8 Å². The molecule has 5 heteroatoms. The van der Waals surface area contributed by atoms with E-state index < -0.39 is 0 Å². The van der Waals surface area contributed by atoms with Crippen molar-refractivity contribution in [1.29, 1.82) is 0 Å². The molecule has 0 unspecified atom stereocenters. The Hall–Kier alpha value is -5.68. The molecule has 0 radical (unpaired) electrons. The molecule has 0 saturated carbocycles. The molecule has 5 aromatic carbocycles. The third-order valence-corrected chi connectivity index (χ3v) is 8.71. The third kappa shape index (κ3) is 3.52. The van der Waals surface area contributed by atoms with Gasteiger partial charge in [-0.2, -0.15) is 0 Å². The van der Waals surface area contributed by atoms with Crippen molar-refractivity contribution in [3.63, 3.8) is 0 Å². The summed E-state index contributed by atoms with van der Waals surface area (Å²) in [5, 5.41) is 6.81. The SMILES string of the molecule is Cc1nc2c3cc(Oc4ccc5c6ccccc6n6cc(-c7ccccc7)nc6c5c4)ccc3c3ccccc3n2c1C. The Kier molecular flexibility index (Phi) is 4.97. The highest BCUT2D eigenvalue weighted by molar-refractivity contribution is 6.13. The summed E-state index contributed by atoms with van der Waals surface area (Å²) < 4.78 is 11.0. The second-order valence-electron chi connectivity index (χ2n) is 11.2. The van der Waals surface area contributed by atoms with Gasteiger partial charge in [-0.05, 0) is 73.2 Å². The Morgan fingerprint density at radius 3 is 1.86 bits per heavy atom. The van der Waals surface area contributed by atoms with Crippen LogP contribution in [-0.4, -0.2) is 18.8 Å². The summed E-state index contributed by atoms with van der Waals surface area (Å²) in [5.41, 5.74) is 8.38. The molecule has 0 aliphatic carbocycles. The number of benzene rings is 5. The maximum absolute atomic E-state index is 6.57. The van der Waals surface area contributed by atoms with Crippen LogP contribution in [0.25, 0.3) is 65.9 Å². The molecule has 5 nitrogen and oxygen atoms in total. The van der Waals surface area contributed by atoms with E-state index in [0.717, 1.165) is 78.0 Å². The second kappa shape index (κ2) is 8.91. The number of imidazole rings is 2. The van der Waals surface area contributed by atoms with Crippen LogP contribution in [0, 0.1) is 13.8 Å². The number of aryl methyl sites for hydroxylation is 2. The van der Waals surface area contributed by atoms with Crippen LogP contribution in [0.15, 0.2) is 121 Å². The molecule has 204 valence electrons. The summed E-state index contributed by atoms with van der Waals surface area (Å²) in [6.07, 6.45) is 2.13. The Bertz CT molecular complexity index is 2560. The number of para-hydroxylation sites is 2. The highest BCUT2D eigenvalue weighted by atomic mass is 16.5. The van der Waals surface area contributed by atoms with Gasteiger partial charge in [-0.1, -0.05) is 66.7 Å². The van der Waals surface area contributed by atoms with Crippen LogP contribution in [0.5, 0.6) is 11.5 Å². The van der Waals surface area contributed by atoms with Gasteiger partial charge in [0.1, 0.15) is 22.8 Å². The molecule has 0 spiro atoms. The molecule has 0 atom stereocenters. The van der Waals surface area contributed by atoms with Crippen LogP contribution in [0.4, 0.5) is 0 Å². The standard InChI is InChI=1S/C38H26N4O/c1-23-24(2)42-36-15-9-7-13-31(36)29-19-17-27(21-33(29)38(42)39-23)43-26-16-18-28-30-12-6-8-14-35(30)41-22-34(25-10-4-3-5-11-25)40-37(41)32(28)20-26/h3-22H,1-2H3. The lowest BCUT2D eigenvalue weighted by Gasteiger charge is -2.13. The number of hydrogen-bond donors (Lipinski definition) is 0. The van der Waals surface area contributed by atoms with Crippen LogP contribution < -0.4 is 4.74 Å². The van der Waals surface area contributed by atoms with E-state index in [0.29, 0.717) is 0 Å². The first-order chi connectivity index (χ1) is 21.1. The Labute approximate surface area is 247 Å². The highest BCUT2D eigenvalue weighted by Crippen LogP contribution is 2.37. The maximum atomic E-state index is 6.57. The molecule has 0 amide bonds. The molecule has 0 aliphatic heterocycles.